The number of fused-ring (bicyclic) bond motifs is 1. The molecule has 2 unspecified atom stereocenters. The largest absolute Gasteiger partial charge is 0.481 e. The molecule has 3 N–H and O–H groups in total. The van der Waals surface area contributed by atoms with E-state index >= 15 is 0 Å². The lowest BCUT2D eigenvalue weighted by molar-refractivity contribution is -0.143. The molecule has 2 heterocycles. The maximum atomic E-state index is 12.9. The number of aliphatic hydroxyl groups is 1. The number of carbonyl (C=O) groups excluding carboxylic acids is 1. The second-order valence-electron chi connectivity index (χ2n) is 8.75. The first-order chi connectivity index (χ1) is 14.3. The SMILES string of the molecule is Cn1c(=O)n(C2CCC(O)NC2=O)c2ccc(CCC3CCC(C(=O)O)CC3)cc21. The highest BCUT2D eigenvalue weighted by Crippen LogP contribution is 2.32. The van der Waals surface area contributed by atoms with E-state index in [4.69, 9.17) is 5.11 Å². The highest BCUT2D eigenvalue weighted by Gasteiger charge is 2.31. The number of aliphatic carboxylic acids is 1. The van der Waals surface area contributed by atoms with Gasteiger partial charge in [0, 0.05) is 7.05 Å². The molecule has 30 heavy (non-hydrogen) atoms. The molecule has 2 fully saturated rings. The molecule has 1 saturated carbocycles. The predicted molar refractivity (Wildman–Crippen MR) is 111 cm³/mol. The van der Waals surface area contributed by atoms with Crippen molar-refractivity contribution < 1.29 is 19.8 Å². The van der Waals surface area contributed by atoms with E-state index in [9.17, 15) is 19.5 Å². The smallest absolute Gasteiger partial charge is 0.329 e. The third-order valence-electron chi connectivity index (χ3n) is 6.83. The van der Waals surface area contributed by atoms with Gasteiger partial charge >= 0.3 is 11.7 Å². The van der Waals surface area contributed by atoms with Gasteiger partial charge in [0.1, 0.15) is 12.3 Å². The van der Waals surface area contributed by atoms with Gasteiger partial charge in [-0.15, -0.1) is 0 Å². The summed E-state index contributed by atoms with van der Waals surface area (Å²) in [6.45, 7) is 0. The number of hydrogen-bond acceptors (Lipinski definition) is 4. The molecule has 1 saturated heterocycles. The summed E-state index contributed by atoms with van der Waals surface area (Å²) in [5, 5.41) is 21.3. The lowest BCUT2D eigenvalue weighted by atomic mass is 9.79. The van der Waals surface area contributed by atoms with Crippen LogP contribution in [0.25, 0.3) is 11.0 Å². The van der Waals surface area contributed by atoms with Crippen LogP contribution in [0.2, 0.25) is 0 Å². The quantitative estimate of drug-likeness (QED) is 0.691. The lowest BCUT2D eigenvalue weighted by Crippen LogP contribution is -2.46. The summed E-state index contributed by atoms with van der Waals surface area (Å²) in [6, 6.07) is 5.33. The Morgan fingerprint density at radius 3 is 2.50 bits per heavy atom. The van der Waals surface area contributed by atoms with Gasteiger partial charge in [-0.25, -0.2) is 4.79 Å². The third kappa shape index (κ3) is 3.88. The van der Waals surface area contributed by atoms with Gasteiger partial charge in [-0.3, -0.25) is 18.7 Å². The average molecular weight is 415 g/mol. The zero-order valence-corrected chi connectivity index (χ0v) is 17.2. The minimum atomic E-state index is -0.850. The van der Waals surface area contributed by atoms with Crippen molar-refractivity contribution in [3.05, 3.63) is 34.2 Å². The number of imidazole rings is 1. The van der Waals surface area contributed by atoms with Crippen molar-refractivity contribution >= 4 is 22.9 Å². The second kappa shape index (κ2) is 8.26. The molecule has 1 amide bonds. The van der Waals surface area contributed by atoms with E-state index in [1.165, 1.54) is 4.57 Å². The van der Waals surface area contributed by atoms with E-state index in [2.05, 4.69) is 5.32 Å². The number of nitrogens with zero attached hydrogens (tertiary/aromatic N) is 2. The highest BCUT2D eigenvalue weighted by atomic mass is 16.4. The number of aryl methyl sites for hydroxylation is 2. The van der Waals surface area contributed by atoms with Gasteiger partial charge in [0.15, 0.2) is 0 Å². The first kappa shape index (κ1) is 20.7. The third-order valence-corrected chi connectivity index (χ3v) is 6.83. The number of aromatic nitrogens is 2. The van der Waals surface area contributed by atoms with Crippen molar-refractivity contribution in [2.75, 3.05) is 0 Å². The van der Waals surface area contributed by atoms with Crippen LogP contribution in [-0.4, -0.2) is 37.5 Å². The number of carboxylic acid groups (broad SMARTS) is 1. The molecule has 8 nitrogen and oxygen atoms in total. The Morgan fingerprint density at radius 2 is 1.83 bits per heavy atom. The normalized spacial score (nSPS) is 27.2. The van der Waals surface area contributed by atoms with Gasteiger partial charge in [-0.05, 0) is 75.0 Å². The number of aliphatic hydroxyl groups excluding tert-OH is 1. The summed E-state index contributed by atoms with van der Waals surface area (Å²) in [5.74, 6) is -0.651. The number of carboxylic acids is 1. The molecular formula is C22H29N3O5. The highest BCUT2D eigenvalue weighted by molar-refractivity contribution is 5.85. The first-order valence-electron chi connectivity index (χ1n) is 10.8. The molecule has 0 bridgehead atoms. The molecule has 1 aliphatic carbocycles. The van der Waals surface area contributed by atoms with Crippen LogP contribution in [0.1, 0.15) is 56.6 Å². The summed E-state index contributed by atoms with van der Waals surface area (Å²) in [6.07, 6.45) is 5.31. The Hall–Kier alpha value is -2.61. The molecule has 1 aromatic carbocycles. The van der Waals surface area contributed by atoms with Crippen LogP contribution >= 0.6 is 0 Å². The van der Waals surface area contributed by atoms with E-state index in [0.717, 1.165) is 55.1 Å². The zero-order valence-electron chi connectivity index (χ0n) is 17.2. The van der Waals surface area contributed by atoms with E-state index in [0.29, 0.717) is 18.8 Å². The minimum Gasteiger partial charge on any atom is -0.481 e. The van der Waals surface area contributed by atoms with Crippen molar-refractivity contribution in [2.24, 2.45) is 18.9 Å². The van der Waals surface area contributed by atoms with Gasteiger partial charge in [-0.2, -0.15) is 0 Å². The number of rotatable bonds is 5. The molecule has 1 aromatic heterocycles. The Balaban J connectivity index is 1.50. The standard InChI is InChI=1S/C22H29N3O5/c1-24-18-12-14(3-2-13-4-7-15(8-5-13)21(28)29)6-9-16(18)25(22(24)30)17-10-11-19(26)23-20(17)27/h6,9,12-13,15,17,19,26H,2-5,7-8,10-11H2,1H3,(H,23,27)(H,28,29). The van der Waals surface area contributed by atoms with Crippen molar-refractivity contribution in [3.63, 3.8) is 0 Å². The molecule has 2 aliphatic rings. The van der Waals surface area contributed by atoms with Crippen molar-refractivity contribution in [1.29, 1.82) is 0 Å². The summed E-state index contributed by atoms with van der Waals surface area (Å²) in [4.78, 5) is 36.3. The van der Waals surface area contributed by atoms with Gasteiger partial charge in [0.25, 0.3) is 0 Å². The van der Waals surface area contributed by atoms with Gasteiger partial charge in [-0.1, -0.05) is 6.07 Å². The van der Waals surface area contributed by atoms with E-state index < -0.39 is 18.2 Å². The van der Waals surface area contributed by atoms with Gasteiger partial charge in [0.05, 0.1) is 17.0 Å². The number of piperidine rings is 1. The number of amides is 1. The Bertz CT molecular complexity index is 1020. The van der Waals surface area contributed by atoms with Crippen molar-refractivity contribution in [3.8, 4) is 0 Å². The van der Waals surface area contributed by atoms with Crippen LogP contribution in [0.15, 0.2) is 23.0 Å². The van der Waals surface area contributed by atoms with Crippen LogP contribution in [0.4, 0.5) is 0 Å². The topological polar surface area (TPSA) is 114 Å². The average Bonchev–Trinajstić information content (AvgIpc) is 2.97. The lowest BCUT2D eigenvalue weighted by Gasteiger charge is -2.26. The Labute approximate surface area is 174 Å². The van der Waals surface area contributed by atoms with Crippen LogP contribution in [0.5, 0.6) is 0 Å². The number of benzene rings is 1. The first-order valence-corrected chi connectivity index (χ1v) is 10.8. The second-order valence-corrected chi connectivity index (χ2v) is 8.75. The maximum absolute atomic E-state index is 12.9. The predicted octanol–water partition coefficient (Wildman–Crippen LogP) is 1.93. The number of nitrogens with one attached hydrogen (secondary N) is 1. The fraction of sp³-hybridized carbons (Fsp3) is 0.591. The van der Waals surface area contributed by atoms with Gasteiger partial charge in [0.2, 0.25) is 5.91 Å². The number of hydrogen-bond donors (Lipinski definition) is 3. The van der Waals surface area contributed by atoms with Crippen molar-refractivity contribution in [2.45, 2.75) is 63.6 Å². The maximum Gasteiger partial charge on any atom is 0.329 e. The van der Waals surface area contributed by atoms with Crippen LogP contribution in [0, 0.1) is 11.8 Å². The van der Waals surface area contributed by atoms with E-state index in [1.807, 2.05) is 18.2 Å². The van der Waals surface area contributed by atoms with Crippen LogP contribution < -0.4 is 11.0 Å². The fourth-order valence-corrected chi connectivity index (χ4v) is 4.96. The molecular weight excluding hydrogens is 386 g/mol. The molecule has 2 atom stereocenters. The Kier molecular flexibility index (Phi) is 5.69. The fourth-order valence-electron chi connectivity index (χ4n) is 4.96. The van der Waals surface area contributed by atoms with Gasteiger partial charge < -0.3 is 15.5 Å². The summed E-state index contributed by atoms with van der Waals surface area (Å²) >= 11 is 0. The molecule has 4 rings (SSSR count). The summed E-state index contributed by atoms with van der Waals surface area (Å²) in [7, 11) is 1.72. The Morgan fingerprint density at radius 1 is 1.10 bits per heavy atom. The van der Waals surface area contributed by atoms with E-state index in [-0.39, 0.29) is 17.5 Å². The van der Waals surface area contributed by atoms with Crippen LogP contribution in [-0.2, 0) is 23.1 Å². The zero-order chi connectivity index (χ0) is 21.4. The molecule has 0 radical (unpaired) electrons. The molecule has 0 spiro atoms. The minimum absolute atomic E-state index is 0.190. The molecule has 1 aliphatic heterocycles. The monoisotopic (exact) mass is 415 g/mol. The van der Waals surface area contributed by atoms with E-state index in [1.54, 1.807) is 11.6 Å². The molecule has 8 heteroatoms. The number of carbonyl (C=O) groups is 2. The van der Waals surface area contributed by atoms with Crippen LogP contribution in [0.3, 0.4) is 0 Å². The summed E-state index contributed by atoms with van der Waals surface area (Å²) in [5.41, 5.74) is 2.43. The molecule has 162 valence electrons. The van der Waals surface area contributed by atoms with Crippen molar-refractivity contribution in [1.82, 2.24) is 14.5 Å². The summed E-state index contributed by atoms with van der Waals surface area (Å²) < 4.78 is 3.11. The molecule has 2 aromatic rings.